The minimum atomic E-state index is 0.0242. The molecule has 1 aliphatic rings. The molecule has 5 nitrogen and oxygen atoms in total. The predicted molar refractivity (Wildman–Crippen MR) is 95.1 cm³/mol. The van der Waals surface area contributed by atoms with Crippen LogP contribution in [0.15, 0.2) is 28.6 Å². The Labute approximate surface area is 144 Å². The fraction of sp³-hybridized carbons (Fsp3) is 0.438. The maximum atomic E-state index is 12.0. The van der Waals surface area contributed by atoms with Crippen molar-refractivity contribution in [3.63, 3.8) is 0 Å². The van der Waals surface area contributed by atoms with Crippen molar-refractivity contribution in [2.24, 2.45) is 0 Å². The van der Waals surface area contributed by atoms with E-state index in [0.29, 0.717) is 12.3 Å². The summed E-state index contributed by atoms with van der Waals surface area (Å²) in [4.78, 5) is 14.2. The normalized spacial score (nSPS) is 14.2. The maximum absolute atomic E-state index is 12.0. The number of aryl methyl sites for hydroxylation is 1. The topological polar surface area (TPSA) is 58.1 Å². The third kappa shape index (κ3) is 4.45. The lowest BCUT2D eigenvalue weighted by molar-refractivity contribution is -0.118. The Hall–Kier alpha value is -1.60. The van der Waals surface area contributed by atoms with Crippen molar-refractivity contribution in [3.8, 4) is 0 Å². The van der Waals surface area contributed by atoms with Crippen LogP contribution in [0.5, 0.6) is 0 Å². The van der Waals surface area contributed by atoms with Crippen molar-refractivity contribution in [1.82, 2.24) is 15.5 Å². The Morgan fingerprint density at radius 2 is 2.09 bits per heavy atom. The van der Waals surface area contributed by atoms with Gasteiger partial charge in [0.15, 0.2) is 4.34 Å². The van der Waals surface area contributed by atoms with Gasteiger partial charge in [0.25, 0.3) is 0 Å². The number of aromatic nitrogens is 2. The van der Waals surface area contributed by atoms with Crippen LogP contribution in [0.1, 0.15) is 24.0 Å². The predicted octanol–water partition coefficient (Wildman–Crippen LogP) is 2.86. The Morgan fingerprint density at radius 1 is 1.30 bits per heavy atom. The molecule has 0 unspecified atom stereocenters. The number of thioether (sulfide) groups is 1. The van der Waals surface area contributed by atoms with E-state index in [0.717, 1.165) is 28.1 Å². The molecular weight excluding hydrogens is 328 g/mol. The number of nitrogens with one attached hydrogen (secondary N) is 1. The van der Waals surface area contributed by atoms with Gasteiger partial charge in [-0.25, -0.2) is 0 Å². The summed E-state index contributed by atoms with van der Waals surface area (Å²) in [5, 5.41) is 12.3. The summed E-state index contributed by atoms with van der Waals surface area (Å²) in [5.74, 6) is 0.400. The largest absolute Gasteiger partial charge is 0.351 e. The molecule has 2 aromatic rings. The van der Waals surface area contributed by atoms with Gasteiger partial charge in [0, 0.05) is 19.6 Å². The fourth-order valence-electron chi connectivity index (χ4n) is 2.48. The number of hydrogen-bond acceptors (Lipinski definition) is 6. The molecule has 0 saturated carbocycles. The lowest BCUT2D eigenvalue weighted by Crippen LogP contribution is -2.24. The van der Waals surface area contributed by atoms with E-state index in [4.69, 9.17) is 0 Å². The number of nitrogens with zero attached hydrogens (tertiary/aromatic N) is 3. The number of carbonyl (C=O) groups excluding carboxylic acids is 1. The zero-order chi connectivity index (χ0) is 16.1. The zero-order valence-electron chi connectivity index (χ0n) is 13.1. The van der Waals surface area contributed by atoms with Crippen molar-refractivity contribution in [3.05, 3.63) is 35.4 Å². The molecule has 23 heavy (non-hydrogen) atoms. The number of anilines is 1. The molecule has 1 saturated heterocycles. The van der Waals surface area contributed by atoms with Crippen molar-refractivity contribution in [2.45, 2.75) is 30.6 Å². The molecule has 1 aromatic heterocycles. The highest BCUT2D eigenvalue weighted by Gasteiger charge is 2.17. The number of carbonyl (C=O) groups is 1. The summed E-state index contributed by atoms with van der Waals surface area (Å²) < 4.78 is 0.859. The second-order valence-corrected chi connectivity index (χ2v) is 7.72. The molecule has 122 valence electrons. The number of benzene rings is 1. The molecule has 7 heteroatoms. The molecule has 0 spiro atoms. The molecule has 0 bridgehead atoms. The van der Waals surface area contributed by atoms with E-state index in [1.54, 1.807) is 11.3 Å². The minimum absolute atomic E-state index is 0.0242. The molecule has 3 rings (SSSR count). The van der Waals surface area contributed by atoms with Gasteiger partial charge in [0.1, 0.15) is 0 Å². The highest BCUT2D eigenvalue weighted by molar-refractivity contribution is 8.01. The second-order valence-electron chi connectivity index (χ2n) is 5.54. The summed E-state index contributed by atoms with van der Waals surface area (Å²) in [5.41, 5.74) is 2.35. The van der Waals surface area contributed by atoms with Gasteiger partial charge in [-0.3, -0.25) is 4.79 Å². The lowest BCUT2D eigenvalue weighted by atomic mass is 10.1. The van der Waals surface area contributed by atoms with E-state index in [-0.39, 0.29) is 5.91 Å². The molecule has 1 aliphatic heterocycles. The van der Waals surface area contributed by atoms with Gasteiger partial charge in [-0.2, -0.15) is 0 Å². The molecule has 0 aliphatic carbocycles. The first kappa shape index (κ1) is 16.3. The first-order valence-electron chi connectivity index (χ1n) is 7.75. The van der Waals surface area contributed by atoms with Crippen LogP contribution in [0.25, 0.3) is 0 Å². The van der Waals surface area contributed by atoms with Crippen LogP contribution in [0.2, 0.25) is 0 Å². The molecule has 1 amide bonds. The number of rotatable bonds is 6. The van der Waals surface area contributed by atoms with Crippen molar-refractivity contribution in [1.29, 1.82) is 0 Å². The second kappa shape index (κ2) is 7.79. The third-order valence-electron chi connectivity index (χ3n) is 3.84. The summed E-state index contributed by atoms with van der Waals surface area (Å²) in [6, 6.07) is 8.08. The Morgan fingerprint density at radius 3 is 2.87 bits per heavy atom. The van der Waals surface area contributed by atoms with Gasteiger partial charge < -0.3 is 10.2 Å². The standard InChI is InChI=1S/C16H20N4OS2/c1-12-6-2-3-7-13(12)10-17-14(21)11-22-16-19-18-15(23-16)20-8-4-5-9-20/h2-3,6-7H,4-5,8-11H2,1H3,(H,17,21). The average Bonchev–Trinajstić information content (AvgIpc) is 3.23. The molecule has 2 heterocycles. The Bertz CT molecular complexity index is 668. The van der Waals surface area contributed by atoms with Gasteiger partial charge in [-0.05, 0) is 30.9 Å². The number of hydrogen-bond donors (Lipinski definition) is 1. The summed E-state index contributed by atoms with van der Waals surface area (Å²) in [7, 11) is 0. The van der Waals surface area contributed by atoms with Crippen LogP contribution in [-0.4, -0.2) is 34.9 Å². The van der Waals surface area contributed by atoms with Crippen LogP contribution in [0.4, 0.5) is 5.13 Å². The summed E-state index contributed by atoms with van der Waals surface area (Å²) >= 11 is 3.03. The van der Waals surface area contributed by atoms with Gasteiger partial charge in [-0.15, -0.1) is 10.2 Å². The van der Waals surface area contributed by atoms with E-state index in [1.165, 1.54) is 30.2 Å². The van der Waals surface area contributed by atoms with E-state index < -0.39 is 0 Å². The van der Waals surface area contributed by atoms with Gasteiger partial charge in [0.05, 0.1) is 5.75 Å². The maximum Gasteiger partial charge on any atom is 0.230 e. The smallest absolute Gasteiger partial charge is 0.230 e. The Balaban J connectivity index is 1.45. The van der Waals surface area contributed by atoms with Gasteiger partial charge >= 0.3 is 0 Å². The van der Waals surface area contributed by atoms with Crippen LogP contribution < -0.4 is 10.2 Å². The van der Waals surface area contributed by atoms with E-state index >= 15 is 0 Å². The lowest BCUT2D eigenvalue weighted by Gasteiger charge is -2.10. The first-order valence-corrected chi connectivity index (χ1v) is 9.55. The first-order chi connectivity index (χ1) is 11.2. The Kier molecular flexibility index (Phi) is 5.51. The molecule has 1 aromatic carbocycles. The summed E-state index contributed by atoms with van der Waals surface area (Å²) in [6.45, 7) is 4.75. The van der Waals surface area contributed by atoms with Crippen LogP contribution in [0.3, 0.4) is 0 Å². The van der Waals surface area contributed by atoms with E-state index in [2.05, 4.69) is 33.4 Å². The van der Waals surface area contributed by atoms with Gasteiger partial charge in [0.2, 0.25) is 11.0 Å². The van der Waals surface area contributed by atoms with E-state index in [1.807, 2.05) is 18.2 Å². The van der Waals surface area contributed by atoms with E-state index in [9.17, 15) is 4.79 Å². The molecule has 0 radical (unpaired) electrons. The highest BCUT2D eigenvalue weighted by Crippen LogP contribution is 2.29. The molecule has 1 fully saturated rings. The summed E-state index contributed by atoms with van der Waals surface area (Å²) in [6.07, 6.45) is 2.45. The highest BCUT2D eigenvalue weighted by atomic mass is 32.2. The minimum Gasteiger partial charge on any atom is -0.351 e. The SMILES string of the molecule is Cc1ccccc1CNC(=O)CSc1nnc(N2CCCC2)s1. The quantitative estimate of drug-likeness (QED) is 0.814. The van der Waals surface area contributed by atoms with Crippen molar-refractivity contribution < 1.29 is 4.79 Å². The molecule has 0 atom stereocenters. The van der Waals surface area contributed by atoms with Crippen LogP contribution in [0, 0.1) is 6.92 Å². The van der Waals surface area contributed by atoms with Gasteiger partial charge in [-0.1, -0.05) is 47.4 Å². The molecule has 1 N–H and O–H groups in total. The zero-order valence-corrected chi connectivity index (χ0v) is 14.8. The third-order valence-corrected chi connectivity index (χ3v) is 5.95. The van der Waals surface area contributed by atoms with Crippen LogP contribution in [-0.2, 0) is 11.3 Å². The average molecular weight is 348 g/mol. The van der Waals surface area contributed by atoms with Crippen LogP contribution >= 0.6 is 23.1 Å². The van der Waals surface area contributed by atoms with Crippen molar-refractivity contribution in [2.75, 3.05) is 23.7 Å². The fourth-order valence-corrected chi connectivity index (χ4v) is 4.20. The molecular formula is C16H20N4OS2. The number of amides is 1. The van der Waals surface area contributed by atoms with Crippen molar-refractivity contribution >= 4 is 34.1 Å². The monoisotopic (exact) mass is 348 g/mol.